The third-order valence-electron chi connectivity index (χ3n) is 3.46. The van der Waals surface area contributed by atoms with E-state index in [1.165, 1.54) is 24.0 Å². The Kier molecular flexibility index (Phi) is 5.54. The smallest absolute Gasteiger partial charge is 0.0323 e. The quantitative estimate of drug-likeness (QED) is 0.766. The van der Waals surface area contributed by atoms with Crippen LogP contribution in [0, 0.1) is 5.92 Å². The molecule has 1 aromatic carbocycles. The molecular weight excluding hydrogens is 194 g/mol. The first-order chi connectivity index (χ1) is 7.72. The molecule has 1 aromatic rings. The Labute approximate surface area is 100 Å². The van der Waals surface area contributed by atoms with E-state index in [0.29, 0.717) is 5.92 Å². The molecule has 0 aliphatic rings. The van der Waals surface area contributed by atoms with Crippen LogP contribution in [0.25, 0.3) is 0 Å². The van der Waals surface area contributed by atoms with Gasteiger partial charge in [-0.1, -0.05) is 64.3 Å². The van der Waals surface area contributed by atoms with Gasteiger partial charge in [0.05, 0.1) is 0 Å². The zero-order valence-corrected chi connectivity index (χ0v) is 10.9. The standard InChI is InChI=1S/C15H25N/c1-4-7-12-8-10-14(11-9-12)15(16)13(5-2)6-3/h8-11,13,15H,4-7,16H2,1-3H3. The molecule has 0 fully saturated rings. The van der Waals surface area contributed by atoms with E-state index in [1.807, 2.05) is 0 Å². The molecule has 1 rings (SSSR count). The van der Waals surface area contributed by atoms with Crippen LogP contribution in [0.4, 0.5) is 0 Å². The zero-order chi connectivity index (χ0) is 12.0. The lowest BCUT2D eigenvalue weighted by Crippen LogP contribution is -2.20. The number of aryl methyl sites for hydroxylation is 1. The van der Waals surface area contributed by atoms with Crippen LogP contribution in [0.2, 0.25) is 0 Å². The van der Waals surface area contributed by atoms with Crippen LogP contribution in [0.1, 0.15) is 57.2 Å². The molecule has 2 N–H and O–H groups in total. The predicted octanol–water partition coefficient (Wildman–Crippen LogP) is 4.08. The highest BCUT2D eigenvalue weighted by Crippen LogP contribution is 2.25. The first-order valence-electron chi connectivity index (χ1n) is 6.57. The zero-order valence-electron chi connectivity index (χ0n) is 10.9. The topological polar surface area (TPSA) is 26.0 Å². The van der Waals surface area contributed by atoms with Gasteiger partial charge in [0, 0.05) is 6.04 Å². The highest BCUT2D eigenvalue weighted by atomic mass is 14.6. The maximum Gasteiger partial charge on any atom is 0.0323 e. The van der Waals surface area contributed by atoms with Crippen molar-refractivity contribution in [3.63, 3.8) is 0 Å². The van der Waals surface area contributed by atoms with Gasteiger partial charge in [-0.15, -0.1) is 0 Å². The first-order valence-corrected chi connectivity index (χ1v) is 6.57. The molecule has 0 saturated heterocycles. The van der Waals surface area contributed by atoms with Gasteiger partial charge in [-0.25, -0.2) is 0 Å². The van der Waals surface area contributed by atoms with E-state index in [-0.39, 0.29) is 6.04 Å². The Morgan fingerprint density at radius 2 is 1.56 bits per heavy atom. The molecular formula is C15H25N. The van der Waals surface area contributed by atoms with Crippen LogP contribution in [0.15, 0.2) is 24.3 Å². The predicted molar refractivity (Wildman–Crippen MR) is 71.4 cm³/mol. The Hall–Kier alpha value is -0.820. The summed E-state index contributed by atoms with van der Waals surface area (Å²) >= 11 is 0. The van der Waals surface area contributed by atoms with Crippen LogP contribution < -0.4 is 5.73 Å². The van der Waals surface area contributed by atoms with Crippen LogP contribution in [-0.4, -0.2) is 0 Å². The first kappa shape index (κ1) is 13.2. The summed E-state index contributed by atoms with van der Waals surface area (Å²) in [5.41, 5.74) is 8.99. The van der Waals surface area contributed by atoms with Crippen LogP contribution in [-0.2, 0) is 6.42 Å². The summed E-state index contributed by atoms with van der Waals surface area (Å²) in [5, 5.41) is 0. The Morgan fingerprint density at radius 1 is 1.00 bits per heavy atom. The summed E-state index contributed by atoms with van der Waals surface area (Å²) in [6.07, 6.45) is 4.70. The van der Waals surface area contributed by atoms with E-state index in [9.17, 15) is 0 Å². The van der Waals surface area contributed by atoms with E-state index in [2.05, 4.69) is 45.0 Å². The van der Waals surface area contributed by atoms with E-state index >= 15 is 0 Å². The molecule has 1 atom stereocenters. The average Bonchev–Trinajstić information content (AvgIpc) is 2.32. The van der Waals surface area contributed by atoms with Crippen molar-refractivity contribution in [3.8, 4) is 0 Å². The molecule has 0 heterocycles. The van der Waals surface area contributed by atoms with E-state index < -0.39 is 0 Å². The number of nitrogens with two attached hydrogens (primary N) is 1. The van der Waals surface area contributed by atoms with Crippen LogP contribution in [0.3, 0.4) is 0 Å². The maximum absolute atomic E-state index is 6.28. The van der Waals surface area contributed by atoms with Gasteiger partial charge in [-0.2, -0.15) is 0 Å². The average molecular weight is 219 g/mol. The van der Waals surface area contributed by atoms with Crippen molar-refractivity contribution in [2.24, 2.45) is 11.7 Å². The van der Waals surface area contributed by atoms with E-state index in [0.717, 1.165) is 12.8 Å². The third kappa shape index (κ3) is 3.34. The van der Waals surface area contributed by atoms with Gasteiger partial charge in [0.2, 0.25) is 0 Å². The monoisotopic (exact) mass is 219 g/mol. The van der Waals surface area contributed by atoms with E-state index in [4.69, 9.17) is 5.73 Å². The molecule has 0 spiro atoms. The SMILES string of the molecule is CCCc1ccc(C(N)C(CC)CC)cc1. The van der Waals surface area contributed by atoms with Crippen LogP contribution >= 0.6 is 0 Å². The van der Waals surface area contributed by atoms with Crippen molar-refractivity contribution in [1.82, 2.24) is 0 Å². The van der Waals surface area contributed by atoms with Gasteiger partial charge >= 0.3 is 0 Å². The Bertz CT molecular complexity index is 285. The highest BCUT2D eigenvalue weighted by molar-refractivity contribution is 5.25. The molecule has 0 bridgehead atoms. The number of hydrogen-bond acceptors (Lipinski definition) is 1. The van der Waals surface area contributed by atoms with Crippen molar-refractivity contribution >= 4 is 0 Å². The summed E-state index contributed by atoms with van der Waals surface area (Å²) in [6.45, 7) is 6.66. The second kappa shape index (κ2) is 6.70. The molecule has 0 aliphatic heterocycles. The normalized spacial score (nSPS) is 13.1. The Morgan fingerprint density at radius 3 is 2.00 bits per heavy atom. The molecule has 0 saturated carbocycles. The van der Waals surface area contributed by atoms with E-state index in [1.54, 1.807) is 0 Å². The molecule has 1 heteroatoms. The summed E-state index contributed by atoms with van der Waals surface area (Å²) in [4.78, 5) is 0. The minimum absolute atomic E-state index is 0.200. The van der Waals surface area contributed by atoms with Crippen LogP contribution in [0.5, 0.6) is 0 Å². The van der Waals surface area contributed by atoms with Gasteiger partial charge in [0.25, 0.3) is 0 Å². The molecule has 1 unspecified atom stereocenters. The van der Waals surface area contributed by atoms with Crippen molar-refractivity contribution < 1.29 is 0 Å². The lowest BCUT2D eigenvalue weighted by Gasteiger charge is -2.21. The van der Waals surface area contributed by atoms with Gasteiger partial charge in [-0.3, -0.25) is 0 Å². The summed E-state index contributed by atoms with van der Waals surface area (Å²) < 4.78 is 0. The minimum atomic E-state index is 0.200. The fourth-order valence-electron chi connectivity index (χ4n) is 2.26. The maximum atomic E-state index is 6.28. The third-order valence-corrected chi connectivity index (χ3v) is 3.46. The van der Waals surface area contributed by atoms with Gasteiger partial charge < -0.3 is 5.73 Å². The second-order valence-corrected chi connectivity index (χ2v) is 4.59. The molecule has 1 nitrogen and oxygen atoms in total. The molecule has 0 aliphatic carbocycles. The molecule has 0 amide bonds. The minimum Gasteiger partial charge on any atom is -0.324 e. The summed E-state index contributed by atoms with van der Waals surface area (Å²) in [6, 6.07) is 9.05. The number of benzene rings is 1. The van der Waals surface area contributed by atoms with Crippen molar-refractivity contribution in [2.75, 3.05) is 0 Å². The lowest BCUT2D eigenvalue weighted by molar-refractivity contribution is 0.405. The molecule has 16 heavy (non-hydrogen) atoms. The van der Waals surface area contributed by atoms with Gasteiger partial charge in [0.15, 0.2) is 0 Å². The molecule has 0 radical (unpaired) electrons. The molecule has 0 aromatic heterocycles. The lowest BCUT2D eigenvalue weighted by atomic mass is 9.89. The van der Waals surface area contributed by atoms with Crippen molar-refractivity contribution in [1.29, 1.82) is 0 Å². The largest absolute Gasteiger partial charge is 0.324 e. The van der Waals surface area contributed by atoms with Crippen molar-refractivity contribution in [3.05, 3.63) is 35.4 Å². The fourth-order valence-corrected chi connectivity index (χ4v) is 2.26. The highest BCUT2D eigenvalue weighted by Gasteiger charge is 2.15. The second-order valence-electron chi connectivity index (χ2n) is 4.59. The Balaban J connectivity index is 2.72. The summed E-state index contributed by atoms with van der Waals surface area (Å²) in [5.74, 6) is 0.608. The fraction of sp³-hybridized carbons (Fsp3) is 0.600. The van der Waals surface area contributed by atoms with Crippen molar-refractivity contribution in [2.45, 2.75) is 52.5 Å². The number of hydrogen-bond donors (Lipinski definition) is 1. The molecule has 90 valence electrons. The number of rotatable bonds is 6. The summed E-state index contributed by atoms with van der Waals surface area (Å²) in [7, 11) is 0. The van der Waals surface area contributed by atoms with Gasteiger partial charge in [-0.05, 0) is 23.5 Å². The van der Waals surface area contributed by atoms with Gasteiger partial charge in [0.1, 0.15) is 0 Å².